The molecule has 0 radical (unpaired) electrons. The number of anilines is 2. The van der Waals surface area contributed by atoms with E-state index in [1.165, 1.54) is 22.5 Å². The molecule has 2 nitrogen and oxygen atoms in total. The van der Waals surface area contributed by atoms with Gasteiger partial charge in [0.1, 0.15) is 0 Å². The maximum atomic E-state index is 3.62. The monoisotopic (exact) mass is 266 g/mol. The van der Waals surface area contributed by atoms with Crippen LogP contribution in [0.5, 0.6) is 0 Å². The third kappa shape index (κ3) is 2.64. The summed E-state index contributed by atoms with van der Waals surface area (Å²) < 4.78 is 0. The second-order valence-electron chi connectivity index (χ2n) is 6.37. The van der Waals surface area contributed by atoms with E-state index in [2.05, 4.69) is 79.5 Å². The zero-order valence-corrected chi connectivity index (χ0v) is 12.5. The molecule has 0 saturated carbocycles. The molecule has 1 aliphatic rings. The van der Waals surface area contributed by atoms with Crippen molar-refractivity contribution in [3.63, 3.8) is 0 Å². The fourth-order valence-electron chi connectivity index (χ4n) is 2.88. The Morgan fingerprint density at radius 3 is 2.50 bits per heavy atom. The summed E-state index contributed by atoms with van der Waals surface area (Å²) in [5, 5.41) is 3.62. The maximum Gasteiger partial charge on any atom is 0.0606 e. The van der Waals surface area contributed by atoms with Crippen LogP contribution in [0.25, 0.3) is 0 Å². The molecule has 0 fully saturated rings. The number of hydrogen-bond acceptors (Lipinski definition) is 2. The first kappa shape index (κ1) is 13.0. The lowest BCUT2D eigenvalue weighted by molar-refractivity contribution is 0.530. The van der Waals surface area contributed by atoms with Gasteiger partial charge in [-0.05, 0) is 38.5 Å². The Morgan fingerprint density at radius 1 is 1.05 bits per heavy atom. The molecule has 0 bridgehead atoms. The van der Waals surface area contributed by atoms with Crippen LogP contribution in [-0.4, -0.2) is 12.1 Å². The number of nitrogens with zero attached hydrogens (tertiary/aromatic N) is 1. The normalized spacial score (nSPS) is 16.4. The van der Waals surface area contributed by atoms with Crippen molar-refractivity contribution >= 4 is 11.4 Å². The molecule has 1 aliphatic heterocycles. The van der Waals surface area contributed by atoms with Crippen molar-refractivity contribution < 1.29 is 0 Å². The van der Waals surface area contributed by atoms with Crippen LogP contribution in [0, 0.1) is 6.92 Å². The Balaban J connectivity index is 1.90. The molecule has 1 N–H and O–H groups in total. The minimum atomic E-state index is 0.0963. The highest BCUT2D eigenvalue weighted by Gasteiger charge is 2.28. The molecule has 0 amide bonds. The van der Waals surface area contributed by atoms with Crippen LogP contribution in [0.2, 0.25) is 0 Å². The molecule has 0 spiro atoms. The van der Waals surface area contributed by atoms with E-state index < -0.39 is 0 Å². The topological polar surface area (TPSA) is 15.3 Å². The first-order chi connectivity index (χ1) is 9.53. The van der Waals surface area contributed by atoms with E-state index in [0.717, 1.165) is 13.1 Å². The highest BCUT2D eigenvalue weighted by Crippen LogP contribution is 2.34. The predicted octanol–water partition coefficient (Wildman–Crippen LogP) is 4.21. The van der Waals surface area contributed by atoms with E-state index in [1.807, 2.05) is 0 Å². The average Bonchev–Trinajstić information content (AvgIpc) is 2.40. The number of aryl methyl sites for hydroxylation is 1. The van der Waals surface area contributed by atoms with Crippen molar-refractivity contribution in [2.24, 2.45) is 0 Å². The highest BCUT2D eigenvalue weighted by atomic mass is 15.2. The number of benzene rings is 2. The lowest BCUT2D eigenvalue weighted by atomic mass is 9.98. The molecule has 0 saturated heterocycles. The van der Waals surface area contributed by atoms with Gasteiger partial charge in [-0.3, -0.25) is 0 Å². The van der Waals surface area contributed by atoms with Gasteiger partial charge in [-0.15, -0.1) is 0 Å². The lowest BCUT2D eigenvalue weighted by Gasteiger charge is -2.42. The van der Waals surface area contributed by atoms with Gasteiger partial charge in [0.2, 0.25) is 0 Å². The highest BCUT2D eigenvalue weighted by molar-refractivity contribution is 5.73. The van der Waals surface area contributed by atoms with Crippen molar-refractivity contribution in [1.82, 2.24) is 0 Å². The maximum absolute atomic E-state index is 3.62. The van der Waals surface area contributed by atoms with Gasteiger partial charge in [0.15, 0.2) is 0 Å². The minimum absolute atomic E-state index is 0.0963. The van der Waals surface area contributed by atoms with Crippen molar-refractivity contribution in [1.29, 1.82) is 0 Å². The fourth-order valence-corrected chi connectivity index (χ4v) is 2.88. The number of para-hydroxylation sites is 2. The SMILES string of the molecule is Cc1ccc(CN2CC(C)(C)Nc3ccccc32)cc1. The molecule has 0 aliphatic carbocycles. The van der Waals surface area contributed by atoms with Gasteiger partial charge in [-0.2, -0.15) is 0 Å². The first-order valence-corrected chi connectivity index (χ1v) is 7.21. The van der Waals surface area contributed by atoms with Gasteiger partial charge >= 0.3 is 0 Å². The average molecular weight is 266 g/mol. The van der Waals surface area contributed by atoms with Gasteiger partial charge in [-0.25, -0.2) is 0 Å². The summed E-state index contributed by atoms with van der Waals surface area (Å²) in [6.45, 7) is 8.61. The van der Waals surface area contributed by atoms with Crippen molar-refractivity contribution in [2.45, 2.75) is 32.9 Å². The zero-order valence-electron chi connectivity index (χ0n) is 12.5. The smallest absolute Gasteiger partial charge is 0.0606 e. The van der Waals surface area contributed by atoms with Crippen LogP contribution in [0.1, 0.15) is 25.0 Å². The Bertz CT molecular complexity index is 599. The van der Waals surface area contributed by atoms with Crippen LogP contribution in [0.15, 0.2) is 48.5 Å². The summed E-state index contributed by atoms with van der Waals surface area (Å²) >= 11 is 0. The molecule has 1 heterocycles. The fraction of sp³-hybridized carbons (Fsp3) is 0.333. The first-order valence-electron chi connectivity index (χ1n) is 7.21. The number of nitrogens with one attached hydrogen (secondary N) is 1. The summed E-state index contributed by atoms with van der Waals surface area (Å²) in [4.78, 5) is 2.47. The summed E-state index contributed by atoms with van der Waals surface area (Å²) in [6, 6.07) is 17.4. The van der Waals surface area contributed by atoms with E-state index in [9.17, 15) is 0 Å². The van der Waals surface area contributed by atoms with Crippen LogP contribution < -0.4 is 10.2 Å². The third-order valence-corrected chi connectivity index (χ3v) is 3.80. The second kappa shape index (κ2) is 4.86. The second-order valence-corrected chi connectivity index (χ2v) is 6.37. The Labute approximate surface area is 121 Å². The van der Waals surface area contributed by atoms with Crippen molar-refractivity contribution in [3.05, 3.63) is 59.7 Å². The molecule has 20 heavy (non-hydrogen) atoms. The molecule has 0 unspecified atom stereocenters. The van der Waals surface area contributed by atoms with E-state index in [-0.39, 0.29) is 5.54 Å². The lowest BCUT2D eigenvalue weighted by Crippen LogP contribution is -2.48. The number of hydrogen-bond donors (Lipinski definition) is 1. The van der Waals surface area contributed by atoms with Crippen LogP contribution in [0.4, 0.5) is 11.4 Å². The Morgan fingerprint density at radius 2 is 1.75 bits per heavy atom. The largest absolute Gasteiger partial charge is 0.377 e. The predicted molar refractivity (Wildman–Crippen MR) is 86.4 cm³/mol. The standard InChI is InChI=1S/C18H22N2/c1-14-8-10-15(11-9-14)12-20-13-18(2,3)19-16-6-4-5-7-17(16)20/h4-11,19H,12-13H2,1-3H3. The Kier molecular flexibility index (Phi) is 3.17. The van der Waals surface area contributed by atoms with Gasteiger partial charge in [0, 0.05) is 18.6 Å². The van der Waals surface area contributed by atoms with Gasteiger partial charge < -0.3 is 10.2 Å². The van der Waals surface area contributed by atoms with Gasteiger partial charge in [0.05, 0.1) is 11.4 Å². The molecule has 3 rings (SSSR count). The minimum Gasteiger partial charge on any atom is -0.377 e. The molecule has 0 aromatic heterocycles. The molecule has 2 aromatic carbocycles. The quantitative estimate of drug-likeness (QED) is 0.876. The zero-order chi connectivity index (χ0) is 14.2. The van der Waals surface area contributed by atoms with E-state index in [1.54, 1.807) is 0 Å². The molecule has 2 heteroatoms. The molecule has 2 aromatic rings. The molecule has 104 valence electrons. The van der Waals surface area contributed by atoms with E-state index in [0.29, 0.717) is 0 Å². The van der Waals surface area contributed by atoms with Gasteiger partial charge in [0.25, 0.3) is 0 Å². The van der Waals surface area contributed by atoms with Gasteiger partial charge in [-0.1, -0.05) is 42.0 Å². The summed E-state index contributed by atoms with van der Waals surface area (Å²) in [5.41, 5.74) is 5.31. The van der Waals surface area contributed by atoms with Crippen LogP contribution in [0.3, 0.4) is 0 Å². The van der Waals surface area contributed by atoms with E-state index >= 15 is 0 Å². The van der Waals surface area contributed by atoms with E-state index in [4.69, 9.17) is 0 Å². The summed E-state index contributed by atoms with van der Waals surface area (Å²) in [6.07, 6.45) is 0. The van der Waals surface area contributed by atoms with Crippen molar-refractivity contribution in [3.8, 4) is 0 Å². The van der Waals surface area contributed by atoms with Crippen LogP contribution >= 0.6 is 0 Å². The molecular formula is C18H22N2. The summed E-state index contributed by atoms with van der Waals surface area (Å²) in [7, 11) is 0. The van der Waals surface area contributed by atoms with Crippen molar-refractivity contribution in [2.75, 3.05) is 16.8 Å². The summed E-state index contributed by atoms with van der Waals surface area (Å²) in [5.74, 6) is 0. The number of rotatable bonds is 2. The number of fused-ring (bicyclic) bond motifs is 1. The molecular weight excluding hydrogens is 244 g/mol. The molecule has 0 atom stereocenters. The van der Waals surface area contributed by atoms with Crippen LogP contribution in [-0.2, 0) is 6.54 Å². The Hall–Kier alpha value is -1.96. The third-order valence-electron chi connectivity index (χ3n) is 3.80.